The van der Waals surface area contributed by atoms with Crippen LogP contribution >= 0.6 is 0 Å². The Morgan fingerprint density at radius 1 is 1.26 bits per heavy atom. The second-order valence-corrected chi connectivity index (χ2v) is 6.16. The van der Waals surface area contributed by atoms with E-state index >= 15 is 0 Å². The zero-order chi connectivity index (χ0) is 19.7. The summed E-state index contributed by atoms with van der Waals surface area (Å²) in [7, 11) is 3.57. The third-order valence-electron chi connectivity index (χ3n) is 4.24. The molecule has 0 bridgehead atoms. The number of aromatic nitrogens is 7. The lowest BCUT2D eigenvalue weighted by atomic mass is 10.2. The molecular weight excluding hydrogens is 354 g/mol. The Labute approximate surface area is 154 Å². The smallest absolute Gasteiger partial charge is 0.390 e. The number of rotatable bonds is 6. The first-order chi connectivity index (χ1) is 12.8. The fourth-order valence-corrected chi connectivity index (χ4v) is 2.69. The van der Waals surface area contributed by atoms with Gasteiger partial charge in [0.05, 0.1) is 5.69 Å². The highest BCUT2D eigenvalue weighted by Gasteiger charge is 2.19. The summed E-state index contributed by atoms with van der Waals surface area (Å²) in [6.45, 7) is 4.40. The summed E-state index contributed by atoms with van der Waals surface area (Å²) in [5, 5.41) is 22.9. The first-order valence-electron chi connectivity index (χ1n) is 8.08. The van der Waals surface area contributed by atoms with Gasteiger partial charge in [0.15, 0.2) is 6.67 Å². The molecule has 3 rings (SSSR count). The molecule has 3 aromatic heterocycles. The summed E-state index contributed by atoms with van der Waals surface area (Å²) >= 11 is 0. The molecule has 0 aliphatic rings. The second-order valence-electron chi connectivity index (χ2n) is 6.16. The molecule has 0 saturated heterocycles. The van der Waals surface area contributed by atoms with Crippen LogP contribution in [0.2, 0.25) is 0 Å². The van der Waals surface area contributed by atoms with Gasteiger partial charge in [0.25, 0.3) is 5.91 Å². The number of nitro groups is 1. The van der Waals surface area contributed by atoms with E-state index in [1.54, 1.807) is 28.9 Å². The number of nitrogens with zero attached hydrogens (tertiary/aromatic N) is 9. The lowest BCUT2D eigenvalue weighted by Crippen LogP contribution is -2.27. The van der Waals surface area contributed by atoms with Gasteiger partial charge in [-0.3, -0.25) is 9.48 Å². The molecule has 0 N–H and O–H groups in total. The molecule has 0 aliphatic carbocycles. The van der Waals surface area contributed by atoms with Gasteiger partial charge in [-0.1, -0.05) is 4.98 Å². The zero-order valence-corrected chi connectivity index (χ0v) is 15.4. The van der Waals surface area contributed by atoms with Crippen LogP contribution in [0.5, 0.6) is 0 Å². The van der Waals surface area contributed by atoms with Crippen LogP contribution in [0.25, 0.3) is 0 Å². The largest absolute Gasteiger partial charge is 0.491 e. The maximum Gasteiger partial charge on any atom is 0.491 e. The van der Waals surface area contributed by atoms with Crippen LogP contribution in [-0.2, 0) is 20.3 Å². The zero-order valence-electron chi connectivity index (χ0n) is 15.4. The van der Waals surface area contributed by atoms with Crippen molar-refractivity contribution < 1.29 is 9.72 Å². The van der Waals surface area contributed by atoms with Crippen molar-refractivity contribution in [3.63, 3.8) is 0 Å². The number of hydrogen-bond acceptors (Lipinski definition) is 7. The summed E-state index contributed by atoms with van der Waals surface area (Å²) < 4.78 is 4.51. The SMILES string of the molecule is Cc1nn(C)c(C)c1CN(C)C(=O)c1ccn(Cn2cnc([N+](=O)[O-])n2)n1. The normalized spacial score (nSPS) is 11.0. The van der Waals surface area contributed by atoms with Gasteiger partial charge in [0, 0.05) is 43.2 Å². The van der Waals surface area contributed by atoms with Crippen LogP contribution < -0.4 is 0 Å². The average Bonchev–Trinajstić information content (AvgIpc) is 3.32. The number of carbonyl (C=O) groups is 1. The van der Waals surface area contributed by atoms with E-state index < -0.39 is 10.9 Å². The Kier molecular flexibility index (Phi) is 4.71. The van der Waals surface area contributed by atoms with Crippen molar-refractivity contribution in [3.05, 3.63) is 51.4 Å². The summed E-state index contributed by atoms with van der Waals surface area (Å²) in [5.74, 6) is -0.721. The fourth-order valence-electron chi connectivity index (χ4n) is 2.69. The van der Waals surface area contributed by atoms with E-state index in [2.05, 4.69) is 20.3 Å². The topological polar surface area (TPSA) is 130 Å². The molecule has 1 amide bonds. The third-order valence-corrected chi connectivity index (χ3v) is 4.24. The first-order valence-corrected chi connectivity index (χ1v) is 8.08. The van der Waals surface area contributed by atoms with Gasteiger partial charge < -0.3 is 15.0 Å². The monoisotopic (exact) mass is 373 g/mol. The van der Waals surface area contributed by atoms with Crippen LogP contribution in [0.15, 0.2) is 18.6 Å². The molecule has 0 fully saturated rings. The molecule has 27 heavy (non-hydrogen) atoms. The lowest BCUT2D eigenvalue weighted by molar-refractivity contribution is -0.394. The molecule has 0 aromatic carbocycles. The van der Waals surface area contributed by atoms with Crippen LogP contribution in [0, 0.1) is 24.0 Å². The quantitative estimate of drug-likeness (QED) is 0.454. The molecule has 12 heteroatoms. The number of amides is 1. The van der Waals surface area contributed by atoms with Crippen molar-refractivity contribution in [2.75, 3.05) is 7.05 Å². The van der Waals surface area contributed by atoms with Crippen molar-refractivity contribution in [1.82, 2.24) is 39.2 Å². The van der Waals surface area contributed by atoms with E-state index in [0.29, 0.717) is 6.54 Å². The van der Waals surface area contributed by atoms with E-state index in [-0.39, 0.29) is 18.3 Å². The van der Waals surface area contributed by atoms with Gasteiger partial charge in [0.2, 0.25) is 6.33 Å². The molecule has 12 nitrogen and oxygen atoms in total. The van der Waals surface area contributed by atoms with E-state index in [1.807, 2.05) is 20.9 Å². The molecule has 142 valence electrons. The number of aryl methyl sites for hydroxylation is 2. The van der Waals surface area contributed by atoms with Gasteiger partial charge in [-0.15, -0.1) is 0 Å². The Morgan fingerprint density at radius 3 is 2.59 bits per heavy atom. The fraction of sp³-hybridized carbons (Fsp3) is 0.400. The van der Waals surface area contributed by atoms with Crippen molar-refractivity contribution in [3.8, 4) is 0 Å². The lowest BCUT2D eigenvalue weighted by Gasteiger charge is -2.16. The Morgan fingerprint density at radius 2 is 2.00 bits per heavy atom. The standard InChI is InChI=1S/C15H19N9O3/c1-10-12(11(2)21(4)17-10)7-20(3)14(25)13-5-6-22(18-13)9-23-8-16-15(19-23)24(26)27/h5-6,8H,7,9H2,1-4H3. The average molecular weight is 373 g/mol. The summed E-state index contributed by atoms with van der Waals surface area (Å²) in [6, 6.07) is 1.59. The summed E-state index contributed by atoms with van der Waals surface area (Å²) in [5.41, 5.74) is 3.16. The molecule has 0 saturated carbocycles. The van der Waals surface area contributed by atoms with Crippen molar-refractivity contribution >= 4 is 11.9 Å². The van der Waals surface area contributed by atoms with Gasteiger partial charge in [-0.05, 0) is 24.8 Å². The predicted molar refractivity (Wildman–Crippen MR) is 92.8 cm³/mol. The van der Waals surface area contributed by atoms with Crippen molar-refractivity contribution in [2.45, 2.75) is 27.1 Å². The molecular formula is C15H19N9O3. The van der Waals surface area contributed by atoms with Crippen LogP contribution in [0.4, 0.5) is 5.95 Å². The van der Waals surface area contributed by atoms with Gasteiger partial charge in [-0.25, -0.2) is 4.68 Å². The molecule has 3 heterocycles. The summed E-state index contributed by atoms with van der Waals surface area (Å²) in [4.78, 5) is 27.7. The Bertz CT molecular complexity index is 1000. The molecule has 3 aromatic rings. The van der Waals surface area contributed by atoms with E-state index in [1.165, 1.54) is 15.7 Å². The molecule has 0 radical (unpaired) electrons. The summed E-state index contributed by atoms with van der Waals surface area (Å²) in [6.07, 6.45) is 2.84. The second kappa shape index (κ2) is 6.97. The van der Waals surface area contributed by atoms with Crippen molar-refractivity contribution in [2.24, 2.45) is 7.05 Å². The highest BCUT2D eigenvalue weighted by atomic mass is 16.6. The third kappa shape index (κ3) is 3.68. The minimum absolute atomic E-state index is 0.110. The Balaban J connectivity index is 1.69. The number of carbonyl (C=O) groups excluding carboxylic acids is 1. The van der Waals surface area contributed by atoms with E-state index in [0.717, 1.165) is 17.0 Å². The van der Waals surface area contributed by atoms with Crippen molar-refractivity contribution in [1.29, 1.82) is 0 Å². The predicted octanol–water partition coefficient (Wildman–Crippen LogP) is 0.511. The Hall–Kier alpha value is -3.57. The molecule has 0 atom stereocenters. The highest BCUT2D eigenvalue weighted by Crippen LogP contribution is 2.15. The maximum absolute atomic E-state index is 12.6. The minimum Gasteiger partial charge on any atom is -0.390 e. The van der Waals surface area contributed by atoms with E-state index in [9.17, 15) is 14.9 Å². The first kappa shape index (κ1) is 18.2. The van der Waals surface area contributed by atoms with Gasteiger partial charge in [0.1, 0.15) is 5.69 Å². The molecule has 0 unspecified atom stereocenters. The van der Waals surface area contributed by atoms with Crippen LogP contribution in [0.1, 0.15) is 27.4 Å². The minimum atomic E-state index is -0.675. The van der Waals surface area contributed by atoms with Gasteiger partial charge in [-0.2, -0.15) is 14.9 Å². The van der Waals surface area contributed by atoms with E-state index in [4.69, 9.17) is 0 Å². The van der Waals surface area contributed by atoms with Crippen LogP contribution in [0.3, 0.4) is 0 Å². The van der Waals surface area contributed by atoms with Gasteiger partial charge >= 0.3 is 5.95 Å². The highest BCUT2D eigenvalue weighted by molar-refractivity contribution is 5.92. The van der Waals surface area contributed by atoms with Crippen LogP contribution in [-0.4, -0.2) is 57.1 Å². The maximum atomic E-state index is 12.6. The molecule has 0 spiro atoms. The molecule has 0 aliphatic heterocycles. The number of hydrogen-bond donors (Lipinski definition) is 0.